The fourth-order valence-electron chi connectivity index (χ4n) is 2.16. The SMILES string of the molecule is Cc1cnc(C)c(N2CCNCC2(C)C)n1. The summed E-state index contributed by atoms with van der Waals surface area (Å²) in [6, 6.07) is 0. The first-order chi connectivity index (χ1) is 7.50. The summed E-state index contributed by atoms with van der Waals surface area (Å²) < 4.78 is 0. The molecule has 1 N–H and O–H groups in total. The maximum Gasteiger partial charge on any atom is 0.150 e. The topological polar surface area (TPSA) is 41.1 Å². The van der Waals surface area contributed by atoms with Crippen molar-refractivity contribution >= 4 is 5.82 Å². The second kappa shape index (κ2) is 4.01. The van der Waals surface area contributed by atoms with E-state index in [-0.39, 0.29) is 5.54 Å². The molecule has 4 heteroatoms. The summed E-state index contributed by atoms with van der Waals surface area (Å²) >= 11 is 0. The number of nitrogens with one attached hydrogen (secondary N) is 1. The van der Waals surface area contributed by atoms with Gasteiger partial charge in [0.25, 0.3) is 0 Å². The summed E-state index contributed by atoms with van der Waals surface area (Å²) in [4.78, 5) is 11.4. The van der Waals surface area contributed by atoms with Gasteiger partial charge in [-0.2, -0.15) is 0 Å². The van der Waals surface area contributed by atoms with Gasteiger partial charge in [0.1, 0.15) is 0 Å². The van der Waals surface area contributed by atoms with Crippen molar-refractivity contribution < 1.29 is 0 Å². The minimum Gasteiger partial charge on any atom is -0.347 e. The van der Waals surface area contributed by atoms with Gasteiger partial charge in [0.2, 0.25) is 0 Å². The third kappa shape index (κ3) is 2.02. The van der Waals surface area contributed by atoms with E-state index in [9.17, 15) is 0 Å². The molecule has 1 aliphatic rings. The van der Waals surface area contributed by atoms with Gasteiger partial charge >= 0.3 is 0 Å². The van der Waals surface area contributed by atoms with Crippen LogP contribution >= 0.6 is 0 Å². The largest absolute Gasteiger partial charge is 0.347 e. The molecule has 0 spiro atoms. The minimum absolute atomic E-state index is 0.103. The van der Waals surface area contributed by atoms with Crippen LogP contribution in [0.25, 0.3) is 0 Å². The third-order valence-corrected chi connectivity index (χ3v) is 3.11. The van der Waals surface area contributed by atoms with Gasteiger partial charge in [-0.05, 0) is 27.7 Å². The Morgan fingerprint density at radius 3 is 2.81 bits per heavy atom. The van der Waals surface area contributed by atoms with Crippen molar-refractivity contribution in [2.75, 3.05) is 24.5 Å². The van der Waals surface area contributed by atoms with Crippen molar-refractivity contribution in [3.63, 3.8) is 0 Å². The van der Waals surface area contributed by atoms with E-state index in [2.05, 4.69) is 34.0 Å². The molecule has 0 unspecified atom stereocenters. The number of nitrogens with zero attached hydrogens (tertiary/aromatic N) is 3. The first kappa shape index (κ1) is 11.3. The lowest BCUT2D eigenvalue weighted by molar-refractivity contribution is 0.376. The molecule has 0 aromatic carbocycles. The van der Waals surface area contributed by atoms with Crippen LogP contribution in [0.15, 0.2) is 6.20 Å². The lowest BCUT2D eigenvalue weighted by atomic mass is 10.00. The molecule has 0 aliphatic carbocycles. The predicted molar refractivity (Wildman–Crippen MR) is 65.8 cm³/mol. The van der Waals surface area contributed by atoms with E-state index in [0.717, 1.165) is 36.8 Å². The van der Waals surface area contributed by atoms with Crippen LogP contribution in [0.1, 0.15) is 25.2 Å². The van der Waals surface area contributed by atoms with Crippen molar-refractivity contribution in [2.45, 2.75) is 33.2 Å². The van der Waals surface area contributed by atoms with Gasteiger partial charge in [0.15, 0.2) is 5.82 Å². The molecule has 0 saturated carbocycles. The second-order valence-corrected chi connectivity index (χ2v) is 5.06. The number of piperazine rings is 1. The third-order valence-electron chi connectivity index (χ3n) is 3.11. The standard InChI is InChI=1S/C12H20N4/c1-9-7-14-10(2)11(15-9)16-6-5-13-8-12(16,3)4/h7,13H,5-6,8H2,1-4H3. The van der Waals surface area contributed by atoms with Crippen molar-refractivity contribution in [1.82, 2.24) is 15.3 Å². The van der Waals surface area contributed by atoms with Crippen molar-refractivity contribution in [1.29, 1.82) is 0 Å². The van der Waals surface area contributed by atoms with Crippen molar-refractivity contribution in [3.05, 3.63) is 17.6 Å². The Morgan fingerprint density at radius 2 is 2.12 bits per heavy atom. The molecule has 4 nitrogen and oxygen atoms in total. The Morgan fingerprint density at radius 1 is 1.38 bits per heavy atom. The summed E-state index contributed by atoms with van der Waals surface area (Å²) in [7, 11) is 0. The number of hydrogen-bond acceptors (Lipinski definition) is 4. The molecule has 2 heterocycles. The van der Waals surface area contributed by atoms with E-state index in [1.165, 1.54) is 0 Å². The highest BCUT2D eigenvalue weighted by molar-refractivity contribution is 5.46. The van der Waals surface area contributed by atoms with E-state index in [1.807, 2.05) is 20.0 Å². The lowest BCUT2D eigenvalue weighted by Gasteiger charge is -2.44. The monoisotopic (exact) mass is 220 g/mol. The van der Waals surface area contributed by atoms with Crippen LogP contribution in [0.4, 0.5) is 5.82 Å². The van der Waals surface area contributed by atoms with Crippen LogP contribution in [0, 0.1) is 13.8 Å². The molecule has 1 aromatic heterocycles. The molecular weight excluding hydrogens is 200 g/mol. The Hall–Kier alpha value is -1.16. The van der Waals surface area contributed by atoms with Gasteiger partial charge in [-0.25, -0.2) is 4.98 Å². The van der Waals surface area contributed by atoms with E-state index in [0.29, 0.717) is 0 Å². The highest BCUT2D eigenvalue weighted by Gasteiger charge is 2.31. The number of hydrogen-bond donors (Lipinski definition) is 1. The number of aromatic nitrogens is 2. The number of rotatable bonds is 1. The minimum atomic E-state index is 0.103. The molecule has 1 aromatic rings. The Labute approximate surface area is 97.1 Å². The van der Waals surface area contributed by atoms with E-state index < -0.39 is 0 Å². The van der Waals surface area contributed by atoms with Gasteiger partial charge in [0.05, 0.1) is 11.4 Å². The Bertz CT molecular complexity index is 387. The Kier molecular flexibility index (Phi) is 2.84. The summed E-state index contributed by atoms with van der Waals surface area (Å²) in [5.41, 5.74) is 2.10. The zero-order chi connectivity index (χ0) is 11.8. The van der Waals surface area contributed by atoms with Crippen LogP contribution in [0.5, 0.6) is 0 Å². The fraction of sp³-hybridized carbons (Fsp3) is 0.667. The summed E-state index contributed by atoms with van der Waals surface area (Å²) in [6.07, 6.45) is 1.83. The van der Waals surface area contributed by atoms with Crippen LogP contribution in [-0.4, -0.2) is 35.1 Å². The maximum absolute atomic E-state index is 4.63. The highest BCUT2D eigenvalue weighted by atomic mass is 15.3. The molecule has 1 aliphatic heterocycles. The second-order valence-electron chi connectivity index (χ2n) is 5.06. The maximum atomic E-state index is 4.63. The number of aryl methyl sites for hydroxylation is 2. The quantitative estimate of drug-likeness (QED) is 0.774. The highest BCUT2D eigenvalue weighted by Crippen LogP contribution is 2.25. The van der Waals surface area contributed by atoms with Gasteiger partial charge in [0, 0.05) is 31.4 Å². The zero-order valence-corrected chi connectivity index (χ0v) is 10.5. The molecule has 16 heavy (non-hydrogen) atoms. The van der Waals surface area contributed by atoms with Gasteiger partial charge in [-0.15, -0.1) is 0 Å². The molecule has 88 valence electrons. The smallest absolute Gasteiger partial charge is 0.150 e. The summed E-state index contributed by atoms with van der Waals surface area (Å²) in [5, 5.41) is 3.42. The lowest BCUT2D eigenvalue weighted by Crippen LogP contribution is -2.58. The molecule has 1 fully saturated rings. The molecule has 0 amide bonds. The van der Waals surface area contributed by atoms with Gasteiger partial charge in [-0.3, -0.25) is 4.98 Å². The van der Waals surface area contributed by atoms with Crippen LogP contribution in [0.3, 0.4) is 0 Å². The normalized spacial score (nSPS) is 19.9. The first-order valence-electron chi connectivity index (χ1n) is 5.79. The van der Waals surface area contributed by atoms with Gasteiger partial charge < -0.3 is 10.2 Å². The van der Waals surface area contributed by atoms with E-state index in [4.69, 9.17) is 0 Å². The predicted octanol–water partition coefficient (Wildman–Crippen LogP) is 1.28. The number of anilines is 1. The Balaban J connectivity index is 2.38. The van der Waals surface area contributed by atoms with E-state index in [1.54, 1.807) is 0 Å². The fourth-order valence-corrected chi connectivity index (χ4v) is 2.16. The molecule has 0 atom stereocenters. The average molecular weight is 220 g/mol. The van der Waals surface area contributed by atoms with Gasteiger partial charge in [-0.1, -0.05) is 0 Å². The van der Waals surface area contributed by atoms with Crippen LogP contribution in [-0.2, 0) is 0 Å². The molecule has 1 saturated heterocycles. The zero-order valence-electron chi connectivity index (χ0n) is 10.5. The van der Waals surface area contributed by atoms with Crippen molar-refractivity contribution in [2.24, 2.45) is 0 Å². The molecular formula is C12H20N4. The van der Waals surface area contributed by atoms with Crippen molar-refractivity contribution in [3.8, 4) is 0 Å². The molecule has 2 rings (SSSR count). The summed E-state index contributed by atoms with van der Waals surface area (Å²) in [5.74, 6) is 1.03. The van der Waals surface area contributed by atoms with E-state index >= 15 is 0 Å². The average Bonchev–Trinajstić information content (AvgIpc) is 2.22. The summed E-state index contributed by atoms with van der Waals surface area (Å²) in [6.45, 7) is 11.5. The first-order valence-corrected chi connectivity index (χ1v) is 5.79. The molecule has 0 bridgehead atoms. The van der Waals surface area contributed by atoms with Crippen LogP contribution < -0.4 is 10.2 Å². The van der Waals surface area contributed by atoms with Crippen LogP contribution in [0.2, 0.25) is 0 Å². The molecule has 0 radical (unpaired) electrons.